The zero-order valence-electron chi connectivity index (χ0n) is 13.8. The van der Waals surface area contributed by atoms with Crippen LogP contribution in [0.5, 0.6) is 0 Å². The summed E-state index contributed by atoms with van der Waals surface area (Å²) >= 11 is 0. The highest BCUT2D eigenvalue weighted by Crippen LogP contribution is 2.50. The van der Waals surface area contributed by atoms with Crippen molar-refractivity contribution in [3.63, 3.8) is 0 Å². The van der Waals surface area contributed by atoms with Crippen LogP contribution in [0.1, 0.15) is 47.2 Å². The van der Waals surface area contributed by atoms with Crippen molar-refractivity contribution in [1.29, 1.82) is 0 Å². The molecule has 1 amide bonds. The van der Waals surface area contributed by atoms with Gasteiger partial charge in [-0.1, -0.05) is 0 Å². The van der Waals surface area contributed by atoms with E-state index in [1.54, 1.807) is 6.07 Å². The third kappa shape index (κ3) is 2.72. The molecule has 1 saturated heterocycles. The summed E-state index contributed by atoms with van der Waals surface area (Å²) in [6, 6.07) is 3.47. The van der Waals surface area contributed by atoms with Crippen LogP contribution in [0.2, 0.25) is 0 Å². The highest BCUT2D eigenvalue weighted by molar-refractivity contribution is 5.93. The third-order valence-corrected chi connectivity index (χ3v) is 6.10. The summed E-state index contributed by atoms with van der Waals surface area (Å²) in [6.45, 7) is 3.03. The number of carbonyl (C=O) groups is 1. The smallest absolute Gasteiger partial charge is 0.248 e. The van der Waals surface area contributed by atoms with Crippen LogP contribution in [0.25, 0.3) is 0 Å². The normalized spacial score (nSPS) is 30.8. The first-order valence-electron chi connectivity index (χ1n) is 8.75. The highest BCUT2D eigenvalue weighted by Gasteiger charge is 2.48. The molecule has 2 fully saturated rings. The van der Waals surface area contributed by atoms with Crippen molar-refractivity contribution in [3.8, 4) is 0 Å². The van der Waals surface area contributed by atoms with Crippen LogP contribution in [0.4, 0.5) is 4.39 Å². The first-order chi connectivity index (χ1) is 11.5. The van der Waals surface area contributed by atoms with Gasteiger partial charge in [-0.05, 0) is 55.2 Å². The fraction of sp³-hybridized carbons (Fsp3) is 0.611. The lowest BCUT2D eigenvalue weighted by Gasteiger charge is -2.55. The van der Waals surface area contributed by atoms with E-state index in [9.17, 15) is 14.4 Å². The molecule has 24 heavy (non-hydrogen) atoms. The van der Waals surface area contributed by atoms with Gasteiger partial charge in [-0.3, -0.25) is 9.69 Å². The first kappa shape index (κ1) is 16.0. The van der Waals surface area contributed by atoms with Crippen LogP contribution >= 0.6 is 0 Å². The number of hydrogen-bond acceptors (Lipinski definition) is 4. The monoisotopic (exact) mass is 333 g/mol. The maximum atomic E-state index is 14.4. The van der Waals surface area contributed by atoms with Crippen molar-refractivity contribution < 1.29 is 14.4 Å². The predicted molar refractivity (Wildman–Crippen MR) is 87.1 cm³/mol. The van der Waals surface area contributed by atoms with Crippen molar-refractivity contribution in [2.75, 3.05) is 19.6 Å². The average Bonchev–Trinajstić information content (AvgIpc) is 2.52. The molecule has 130 valence electrons. The van der Waals surface area contributed by atoms with E-state index in [4.69, 9.17) is 5.73 Å². The lowest BCUT2D eigenvalue weighted by Crippen LogP contribution is -2.57. The molecule has 3 N–H and O–H groups in total. The van der Waals surface area contributed by atoms with E-state index in [2.05, 4.69) is 4.90 Å². The van der Waals surface area contributed by atoms with Crippen molar-refractivity contribution >= 4 is 5.91 Å². The second-order valence-electron chi connectivity index (χ2n) is 7.73. The largest absolute Gasteiger partial charge is 0.366 e. The number of primary amides is 1. The molecule has 0 atom stereocenters. The molecule has 0 bridgehead atoms. The van der Waals surface area contributed by atoms with Crippen molar-refractivity contribution in [3.05, 3.63) is 34.6 Å². The summed E-state index contributed by atoms with van der Waals surface area (Å²) < 4.78 is 14.4. The zero-order chi connectivity index (χ0) is 16.9. The SMILES string of the molecule is NC(=O)c1cc(F)c2c(c1)CCN(C1CC3(CCCN(O)C3)C1)C2. The molecule has 0 aromatic heterocycles. The average molecular weight is 333 g/mol. The number of amides is 1. The van der Waals surface area contributed by atoms with Crippen LogP contribution in [0.3, 0.4) is 0 Å². The van der Waals surface area contributed by atoms with Gasteiger partial charge in [-0.25, -0.2) is 4.39 Å². The molecule has 3 aliphatic rings. The zero-order valence-corrected chi connectivity index (χ0v) is 13.8. The van der Waals surface area contributed by atoms with Gasteiger partial charge in [-0.2, -0.15) is 5.06 Å². The quantitative estimate of drug-likeness (QED) is 0.867. The van der Waals surface area contributed by atoms with E-state index in [1.807, 2.05) is 0 Å². The first-order valence-corrected chi connectivity index (χ1v) is 8.75. The minimum absolute atomic E-state index is 0.256. The van der Waals surface area contributed by atoms with E-state index in [0.717, 1.165) is 50.9 Å². The van der Waals surface area contributed by atoms with Crippen molar-refractivity contribution in [2.45, 2.75) is 44.7 Å². The molecule has 1 aliphatic carbocycles. The number of hydrogen-bond donors (Lipinski definition) is 2. The molecular formula is C18H24FN3O2. The number of hydroxylamine groups is 2. The fourth-order valence-corrected chi connectivity index (χ4v) is 4.81. The molecule has 4 rings (SSSR count). The lowest BCUT2D eigenvalue weighted by molar-refractivity contribution is -0.169. The number of carbonyl (C=O) groups excluding carboxylic acids is 1. The van der Waals surface area contributed by atoms with Gasteiger partial charge in [0.05, 0.1) is 0 Å². The van der Waals surface area contributed by atoms with Gasteiger partial charge in [-0.15, -0.1) is 0 Å². The Hall–Kier alpha value is -1.50. The summed E-state index contributed by atoms with van der Waals surface area (Å²) in [5.74, 6) is -0.898. The second kappa shape index (κ2) is 5.79. The van der Waals surface area contributed by atoms with Gasteiger partial charge in [0.25, 0.3) is 0 Å². The number of halogens is 1. The number of nitrogens with two attached hydrogens (primary N) is 1. The number of rotatable bonds is 2. The van der Waals surface area contributed by atoms with Gasteiger partial charge < -0.3 is 10.9 Å². The Morgan fingerprint density at radius 1 is 1.33 bits per heavy atom. The Morgan fingerprint density at radius 2 is 2.12 bits per heavy atom. The van der Waals surface area contributed by atoms with Crippen LogP contribution in [-0.2, 0) is 13.0 Å². The number of piperidine rings is 1. The van der Waals surface area contributed by atoms with Gasteiger partial charge in [0, 0.05) is 43.3 Å². The molecule has 5 nitrogen and oxygen atoms in total. The van der Waals surface area contributed by atoms with Gasteiger partial charge in [0.2, 0.25) is 5.91 Å². The molecule has 2 heterocycles. The third-order valence-electron chi connectivity index (χ3n) is 6.10. The van der Waals surface area contributed by atoms with E-state index in [0.29, 0.717) is 18.2 Å². The molecule has 0 unspecified atom stereocenters. The lowest BCUT2D eigenvalue weighted by atomic mass is 9.61. The number of nitrogens with zero attached hydrogens (tertiary/aromatic N) is 2. The van der Waals surface area contributed by atoms with E-state index < -0.39 is 5.91 Å². The topological polar surface area (TPSA) is 69.8 Å². The maximum absolute atomic E-state index is 14.4. The number of fused-ring (bicyclic) bond motifs is 1. The Labute approximate surface area is 141 Å². The molecule has 0 radical (unpaired) electrons. The Morgan fingerprint density at radius 3 is 2.83 bits per heavy atom. The second-order valence-corrected chi connectivity index (χ2v) is 7.73. The minimum atomic E-state index is -0.578. The van der Waals surface area contributed by atoms with E-state index in [-0.39, 0.29) is 16.8 Å². The molecular weight excluding hydrogens is 309 g/mol. The molecule has 6 heteroatoms. The maximum Gasteiger partial charge on any atom is 0.248 e. The molecule has 1 saturated carbocycles. The Kier molecular flexibility index (Phi) is 3.86. The summed E-state index contributed by atoms with van der Waals surface area (Å²) in [4.78, 5) is 13.6. The van der Waals surface area contributed by atoms with E-state index >= 15 is 0 Å². The Bertz CT molecular complexity index is 672. The highest BCUT2D eigenvalue weighted by atomic mass is 19.1. The summed E-state index contributed by atoms with van der Waals surface area (Å²) in [5.41, 5.74) is 7.40. The van der Waals surface area contributed by atoms with Gasteiger partial charge in [0.15, 0.2) is 0 Å². The number of benzene rings is 1. The van der Waals surface area contributed by atoms with Crippen molar-refractivity contribution in [2.24, 2.45) is 11.1 Å². The van der Waals surface area contributed by atoms with Crippen LogP contribution in [0.15, 0.2) is 12.1 Å². The van der Waals surface area contributed by atoms with Gasteiger partial charge >= 0.3 is 0 Å². The summed E-state index contributed by atoms with van der Waals surface area (Å²) in [6.07, 6.45) is 5.15. The van der Waals surface area contributed by atoms with Crippen LogP contribution in [0, 0.1) is 11.2 Å². The van der Waals surface area contributed by atoms with Crippen LogP contribution in [-0.4, -0.2) is 46.8 Å². The van der Waals surface area contributed by atoms with Crippen molar-refractivity contribution in [1.82, 2.24) is 9.96 Å². The molecule has 1 aromatic rings. The fourth-order valence-electron chi connectivity index (χ4n) is 4.81. The van der Waals surface area contributed by atoms with Gasteiger partial charge in [0.1, 0.15) is 5.82 Å². The minimum Gasteiger partial charge on any atom is -0.366 e. The standard InChI is InChI=1S/C18H24FN3O2/c19-16-7-13(17(20)23)6-12-2-5-21(10-15(12)16)14-8-18(9-14)3-1-4-22(24)11-18/h6-7,14,24H,1-5,8-11H2,(H2,20,23). The van der Waals surface area contributed by atoms with E-state index in [1.165, 1.54) is 17.6 Å². The molecule has 1 spiro atoms. The Balaban J connectivity index is 1.45. The summed E-state index contributed by atoms with van der Waals surface area (Å²) in [7, 11) is 0. The molecule has 1 aromatic carbocycles. The summed E-state index contributed by atoms with van der Waals surface area (Å²) in [5, 5.41) is 11.2. The predicted octanol–water partition coefficient (Wildman–Crippen LogP) is 1.92. The van der Waals surface area contributed by atoms with Crippen LogP contribution < -0.4 is 5.73 Å². The molecule has 2 aliphatic heterocycles.